The molecule has 2 aliphatic rings. The van der Waals surface area contributed by atoms with E-state index in [0.717, 1.165) is 43.9 Å². The maximum Gasteiger partial charge on any atom is 0.114 e. The summed E-state index contributed by atoms with van der Waals surface area (Å²) in [6.07, 6.45) is 9.81. The zero-order chi connectivity index (χ0) is 20.4. The van der Waals surface area contributed by atoms with Gasteiger partial charge in [0.25, 0.3) is 0 Å². The molecule has 3 aromatic heterocycles. The van der Waals surface area contributed by atoms with Crippen LogP contribution in [0.2, 0.25) is 0 Å². The first-order valence-corrected chi connectivity index (χ1v) is 10.6. The normalized spacial score (nSPS) is 22.1. The number of fused-ring (bicyclic) bond motifs is 1. The molecule has 0 radical (unpaired) electrons. The van der Waals surface area contributed by atoms with E-state index in [1.807, 2.05) is 31.5 Å². The highest BCUT2D eigenvalue weighted by atomic mass is 16.6. The van der Waals surface area contributed by atoms with Gasteiger partial charge in [0.15, 0.2) is 0 Å². The number of likely N-dealkylation sites (tertiary alicyclic amines) is 1. The van der Waals surface area contributed by atoms with Crippen molar-refractivity contribution in [2.45, 2.75) is 26.3 Å². The van der Waals surface area contributed by atoms with Gasteiger partial charge in [-0.1, -0.05) is 11.2 Å². The predicted octanol–water partition coefficient (Wildman–Crippen LogP) is 2.60. The van der Waals surface area contributed by atoms with Crippen molar-refractivity contribution in [3.63, 3.8) is 0 Å². The number of aromatic nitrogens is 4. The van der Waals surface area contributed by atoms with Gasteiger partial charge in [-0.25, -0.2) is 0 Å². The first kappa shape index (κ1) is 19.0. The molecule has 0 bridgehead atoms. The number of pyridine rings is 1. The zero-order valence-corrected chi connectivity index (χ0v) is 17.3. The van der Waals surface area contributed by atoms with Crippen molar-refractivity contribution in [2.24, 2.45) is 10.6 Å². The molecule has 8 heteroatoms. The smallest absolute Gasteiger partial charge is 0.114 e. The third-order valence-electron chi connectivity index (χ3n) is 6.22. The van der Waals surface area contributed by atoms with Crippen LogP contribution in [0, 0.1) is 5.41 Å². The van der Waals surface area contributed by atoms with Crippen molar-refractivity contribution < 1.29 is 4.84 Å². The lowest BCUT2D eigenvalue weighted by molar-refractivity contribution is 0.160. The van der Waals surface area contributed by atoms with Gasteiger partial charge in [0.2, 0.25) is 0 Å². The minimum Gasteiger partial charge on any atom is -0.396 e. The first-order chi connectivity index (χ1) is 14.7. The summed E-state index contributed by atoms with van der Waals surface area (Å²) >= 11 is 0. The lowest BCUT2D eigenvalue weighted by atomic mass is 9.86. The molecule has 2 aliphatic heterocycles. The highest BCUT2D eigenvalue weighted by Gasteiger charge is 2.43. The molecule has 0 saturated carbocycles. The third kappa shape index (κ3) is 3.75. The Kier molecular flexibility index (Phi) is 5.08. The molecular weight excluding hydrogens is 378 g/mol. The largest absolute Gasteiger partial charge is 0.396 e. The van der Waals surface area contributed by atoms with Crippen LogP contribution in [0.15, 0.2) is 48.0 Å². The second kappa shape index (κ2) is 8.02. The lowest BCUT2D eigenvalue weighted by Gasteiger charge is -2.25. The number of hydrogen-bond acceptors (Lipinski definition) is 7. The standard InChI is InChI=1S/C22H27N7O/c1-2-30-26-13-19-6-5-18(12-23-19)15-27-10-7-22(16-27)8-11-28(17-22)21-14-25-29-20(21)4-3-9-24-29/h3-6,9,12-14H,2,7-8,10-11,15-17H2,1H3. The quantitative estimate of drug-likeness (QED) is 0.464. The Hall–Kier alpha value is -3.00. The SMILES string of the molecule is CCON=Cc1ccc(CN2CCC3(CCN(c4cnn5ncccc45)C3)C2)cn1. The average molecular weight is 406 g/mol. The van der Waals surface area contributed by atoms with Gasteiger partial charge in [0, 0.05) is 44.0 Å². The van der Waals surface area contributed by atoms with E-state index in [9.17, 15) is 0 Å². The number of nitrogens with zero attached hydrogens (tertiary/aromatic N) is 7. The molecule has 1 unspecified atom stereocenters. The summed E-state index contributed by atoms with van der Waals surface area (Å²) in [5, 5.41) is 12.6. The van der Waals surface area contributed by atoms with Gasteiger partial charge in [0.1, 0.15) is 12.1 Å². The summed E-state index contributed by atoms with van der Waals surface area (Å²) in [5.41, 5.74) is 4.72. The second-order valence-electron chi connectivity index (χ2n) is 8.30. The molecule has 2 saturated heterocycles. The van der Waals surface area contributed by atoms with E-state index in [1.54, 1.807) is 17.0 Å². The minimum absolute atomic E-state index is 0.369. The van der Waals surface area contributed by atoms with Crippen molar-refractivity contribution in [3.05, 3.63) is 54.1 Å². The van der Waals surface area contributed by atoms with Crippen LogP contribution in [0.5, 0.6) is 0 Å². The van der Waals surface area contributed by atoms with Crippen LogP contribution >= 0.6 is 0 Å². The van der Waals surface area contributed by atoms with E-state index in [0.29, 0.717) is 12.0 Å². The van der Waals surface area contributed by atoms with Crippen molar-refractivity contribution in [1.29, 1.82) is 0 Å². The van der Waals surface area contributed by atoms with Crippen molar-refractivity contribution in [2.75, 3.05) is 37.7 Å². The fourth-order valence-corrected chi connectivity index (χ4v) is 4.73. The molecule has 0 N–H and O–H groups in total. The summed E-state index contributed by atoms with van der Waals surface area (Å²) in [6, 6.07) is 8.21. The van der Waals surface area contributed by atoms with E-state index < -0.39 is 0 Å². The molecule has 5 heterocycles. The maximum atomic E-state index is 5.00. The van der Waals surface area contributed by atoms with Crippen molar-refractivity contribution >= 4 is 17.4 Å². The molecule has 156 valence electrons. The van der Waals surface area contributed by atoms with E-state index >= 15 is 0 Å². The highest BCUT2D eigenvalue weighted by Crippen LogP contribution is 2.42. The number of anilines is 1. The van der Waals surface area contributed by atoms with E-state index in [4.69, 9.17) is 4.84 Å². The number of hydrogen-bond donors (Lipinski definition) is 0. The molecule has 5 rings (SSSR count). The van der Waals surface area contributed by atoms with Crippen LogP contribution in [0.3, 0.4) is 0 Å². The third-order valence-corrected chi connectivity index (χ3v) is 6.22. The van der Waals surface area contributed by atoms with Crippen molar-refractivity contribution in [3.8, 4) is 0 Å². The van der Waals surface area contributed by atoms with Crippen LogP contribution < -0.4 is 4.90 Å². The summed E-state index contributed by atoms with van der Waals surface area (Å²) in [6.45, 7) is 7.86. The molecule has 30 heavy (non-hydrogen) atoms. The fourth-order valence-electron chi connectivity index (χ4n) is 4.73. The molecule has 8 nitrogen and oxygen atoms in total. The van der Waals surface area contributed by atoms with Crippen LogP contribution in [0.1, 0.15) is 31.0 Å². The Bertz CT molecular complexity index is 1030. The Labute approximate surface area is 176 Å². The zero-order valence-electron chi connectivity index (χ0n) is 17.3. The Morgan fingerprint density at radius 3 is 2.93 bits per heavy atom. The van der Waals surface area contributed by atoms with Gasteiger partial charge in [-0.3, -0.25) is 9.88 Å². The highest BCUT2D eigenvalue weighted by molar-refractivity contribution is 5.76. The topological polar surface area (TPSA) is 71.2 Å². The molecule has 1 spiro atoms. The summed E-state index contributed by atoms with van der Waals surface area (Å²) in [7, 11) is 0. The summed E-state index contributed by atoms with van der Waals surface area (Å²) in [4.78, 5) is 14.5. The maximum absolute atomic E-state index is 5.00. The Balaban J connectivity index is 1.21. The van der Waals surface area contributed by atoms with E-state index in [2.05, 4.69) is 42.3 Å². The van der Waals surface area contributed by atoms with Gasteiger partial charge >= 0.3 is 0 Å². The Morgan fingerprint density at radius 2 is 2.07 bits per heavy atom. The van der Waals surface area contributed by atoms with Crippen LogP contribution in [0.4, 0.5) is 5.69 Å². The second-order valence-corrected chi connectivity index (χ2v) is 8.30. The van der Waals surface area contributed by atoms with Crippen LogP contribution in [-0.4, -0.2) is 63.7 Å². The van der Waals surface area contributed by atoms with Gasteiger partial charge < -0.3 is 9.74 Å². The molecule has 0 aromatic carbocycles. The number of oxime groups is 1. The molecule has 2 fully saturated rings. The van der Waals surface area contributed by atoms with E-state index in [1.165, 1.54) is 24.1 Å². The minimum atomic E-state index is 0.369. The van der Waals surface area contributed by atoms with E-state index in [-0.39, 0.29) is 0 Å². The fraction of sp³-hybridized carbons (Fsp3) is 0.455. The first-order valence-electron chi connectivity index (χ1n) is 10.6. The molecule has 0 amide bonds. The van der Waals surface area contributed by atoms with Gasteiger partial charge in [-0.15, -0.1) is 4.63 Å². The molecule has 1 atom stereocenters. The average Bonchev–Trinajstić information content (AvgIpc) is 3.48. The summed E-state index contributed by atoms with van der Waals surface area (Å²) < 4.78 is 1.72. The Morgan fingerprint density at radius 1 is 1.13 bits per heavy atom. The molecule has 0 aliphatic carbocycles. The van der Waals surface area contributed by atoms with Crippen molar-refractivity contribution in [1.82, 2.24) is 24.7 Å². The monoisotopic (exact) mass is 405 g/mol. The van der Waals surface area contributed by atoms with Crippen LogP contribution in [-0.2, 0) is 11.4 Å². The van der Waals surface area contributed by atoms with Gasteiger partial charge in [-0.05, 0) is 50.1 Å². The van der Waals surface area contributed by atoms with Crippen LogP contribution in [0.25, 0.3) is 5.52 Å². The molecule has 3 aromatic rings. The van der Waals surface area contributed by atoms with Gasteiger partial charge in [-0.2, -0.15) is 10.2 Å². The molecular formula is C22H27N7O. The van der Waals surface area contributed by atoms with Gasteiger partial charge in [0.05, 0.1) is 23.8 Å². The lowest BCUT2D eigenvalue weighted by Crippen LogP contribution is -2.30. The predicted molar refractivity (Wildman–Crippen MR) is 116 cm³/mol. The number of rotatable bonds is 6. The summed E-state index contributed by atoms with van der Waals surface area (Å²) in [5.74, 6) is 0.